The van der Waals surface area contributed by atoms with E-state index in [1.54, 1.807) is 0 Å². The fraction of sp³-hybridized carbons (Fsp3) is 0.0294. The number of hydrogen-bond donors (Lipinski definition) is 0. The number of rotatable bonds is 6. The van der Waals surface area contributed by atoms with Crippen LogP contribution in [0.1, 0.15) is 44.5 Å². The standard InChI is InChI=1S/C68H44N2/c1-4-20-47(21-5-1)67(48-22-6-2-7-23-48)57-31-14-11-28-55(57)65-59(67)33-19-37-64(65)69(49-24-8-3-9-25-49)50-41-38-45(39-42-50)46-40-43-52-51-26-10-13-30-56(51)68(61(52)44-46)58-32-15-17-36-63(58)70-62-35-16-12-27-53(62)54-29-18-34-60(68)66(54)70/h1-44H. The van der Waals surface area contributed by atoms with Gasteiger partial charge < -0.3 is 9.47 Å². The lowest BCUT2D eigenvalue weighted by molar-refractivity contribution is 0.749. The molecule has 1 spiro atoms. The van der Waals surface area contributed by atoms with Crippen molar-refractivity contribution in [3.8, 4) is 39.1 Å². The summed E-state index contributed by atoms with van der Waals surface area (Å²) in [6.07, 6.45) is 0. The van der Waals surface area contributed by atoms with Crippen LogP contribution in [0.25, 0.3) is 60.9 Å². The van der Waals surface area contributed by atoms with Crippen LogP contribution in [-0.2, 0) is 10.8 Å². The normalized spacial score (nSPS) is 15.3. The van der Waals surface area contributed by atoms with Gasteiger partial charge in [-0.05, 0) is 121 Å². The molecular weight excluding hydrogens is 845 g/mol. The summed E-state index contributed by atoms with van der Waals surface area (Å²) in [5.41, 5.74) is 24.0. The zero-order valence-corrected chi connectivity index (χ0v) is 38.3. The number of fused-ring (bicyclic) bond motifs is 15. The van der Waals surface area contributed by atoms with Gasteiger partial charge in [-0.2, -0.15) is 0 Å². The number of aromatic nitrogens is 1. The molecule has 1 aromatic heterocycles. The minimum Gasteiger partial charge on any atom is -0.310 e. The Labute approximate surface area is 407 Å². The number of anilines is 3. The first-order chi connectivity index (χ1) is 34.8. The molecule has 1 atom stereocenters. The lowest BCUT2D eigenvalue weighted by Gasteiger charge is -2.39. The van der Waals surface area contributed by atoms with Crippen LogP contribution >= 0.6 is 0 Å². The van der Waals surface area contributed by atoms with Gasteiger partial charge in [0.15, 0.2) is 0 Å². The van der Waals surface area contributed by atoms with Crippen molar-refractivity contribution in [2.24, 2.45) is 0 Å². The molecule has 2 aliphatic carbocycles. The number of para-hydroxylation sites is 4. The molecule has 2 heterocycles. The zero-order valence-electron chi connectivity index (χ0n) is 38.3. The molecule has 0 amide bonds. The third kappa shape index (κ3) is 5.07. The predicted molar refractivity (Wildman–Crippen MR) is 289 cm³/mol. The molecule has 0 bridgehead atoms. The average molecular weight is 889 g/mol. The highest BCUT2D eigenvalue weighted by molar-refractivity contribution is 6.13. The van der Waals surface area contributed by atoms with E-state index in [0.717, 1.165) is 17.1 Å². The number of benzene rings is 11. The van der Waals surface area contributed by atoms with Gasteiger partial charge in [-0.25, -0.2) is 0 Å². The summed E-state index contributed by atoms with van der Waals surface area (Å²) < 4.78 is 2.52. The quantitative estimate of drug-likeness (QED) is 0.161. The Bertz CT molecular complexity index is 4010. The molecule has 0 radical (unpaired) electrons. The summed E-state index contributed by atoms with van der Waals surface area (Å²) in [5.74, 6) is 0. The molecule has 326 valence electrons. The predicted octanol–water partition coefficient (Wildman–Crippen LogP) is 17.0. The lowest BCUT2D eigenvalue weighted by atomic mass is 9.65. The Morgan fingerprint density at radius 3 is 1.60 bits per heavy atom. The van der Waals surface area contributed by atoms with E-state index in [4.69, 9.17) is 0 Å². The molecule has 70 heavy (non-hydrogen) atoms. The second kappa shape index (κ2) is 14.8. The first-order valence-electron chi connectivity index (χ1n) is 24.4. The first-order valence-corrected chi connectivity index (χ1v) is 24.4. The highest BCUT2D eigenvalue weighted by Gasteiger charge is 2.51. The van der Waals surface area contributed by atoms with Gasteiger partial charge in [0, 0.05) is 27.7 Å². The van der Waals surface area contributed by atoms with Crippen LogP contribution in [-0.4, -0.2) is 4.57 Å². The van der Waals surface area contributed by atoms with Crippen LogP contribution in [0.3, 0.4) is 0 Å². The van der Waals surface area contributed by atoms with Crippen LogP contribution in [0.2, 0.25) is 0 Å². The van der Waals surface area contributed by atoms with E-state index in [1.807, 2.05) is 0 Å². The SMILES string of the molecule is c1ccc(N(c2ccc(-c3ccc4c(c3)C3(c5ccccc5-4)c4ccccc4-n4c5ccccc5c5cccc3c54)cc2)c2cccc3c2-c2ccccc2C3(c2ccccc2)c2ccccc2)cc1. The third-order valence-electron chi connectivity index (χ3n) is 15.9. The molecule has 3 aliphatic rings. The van der Waals surface area contributed by atoms with Crippen molar-refractivity contribution in [2.75, 3.05) is 4.90 Å². The molecule has 1 aliphatic heterocycles. The summed E-state index contributed by atoms with van der Waals surface area (Å²) in [4.78, 5) is 2.46. The molecule has 2 nitrogen and oxygen atoms in total. The first kappa shape index (κ1) is 39.1. The number of hydrogen-bond acceptors (Lipinski definition) is 1. The molecule has 0 saturated carbocycles. The second-order valence-corrected chi connectivity index (χ2v) is 19.1. The molecule has 2 heteroatoms. The van der Waals surface area contributed by atoms with Gasteiger partial charge in [-0.15, -0.1) is 0 Å². The largest absolute Gasteiger partial charge is 0.310 e. The lowest BCUT2D eigenvalue weighted by Crippen LogP contribution is -2.33. The van der Waals surface area contributed by atoms with E-state index in [2.05, 4.69) is 276 Å². The Balaban J connectivity index is 0.915. The third-order valence-corrected chi connectivity index (χ3v) is 15.9. The van der Waals surface area contributed by atoms with Gasteiger partial charge in [0.05, 0.1) is 33.2 Å². The van der Waals surface area contributed by atoms with E-state index < -0.39 is 10.8 Å². The van der Waals surface area contributed by atoms with E-state index >= 15 is 0 Å². The van der Waals surface area contributed by atoms with Crippen molar-refractivity contribution in [1.29, 1.82) is 0 Å². The van der Waals surface area contributed by atoms with Crippen LogP contribution < -0.4 is 4.90 Å². The molecule has 0 N–H and O–H groups in total. The molecule has 11 aromatic carbocycles. The highest BCUT2D eigenvalue weighted by atomic mass is 15.1. The summed E-state index contributed by atoms with van der Waals surface area (Å²) in [7, 11) is 0. The fourth-order valence-electron chi connectivity index (χ4n) is 13.2. The van der Waals surface area contributed by atoms with Crippen molar-refractivity contribution in [3.05, 3.63) is 311 Å². The van der Waals surface area contributed by atoms with Gasteiger partial charge in [0.1, 0.15) is 0 Å². The van der Waals surface area contributed by atoms with Crippen molar-refractivity contribution in [2.45, 2.75) is 10.8 Å². The van der Waals surface area contributed by atoms with E-state index in [0.29, 0.717) is 0 Å². The molecular formula is C68H44N2. The minimum absolute atomic E-state index is 0.498. The number of nitrogens with zero attached hydrogens (tertiary/aromatic N) is 2. The van der Waals surface area contributed by atoms with Gasteiger partial charge in [-0.3, -0.25) is 0 Å². The Morgan fingerprint density at radius 2 is 0.843 bits per heavy atom. The monoisotopic (exact) mass is 888 g/mol. The van der Waals surface area contributed by atoms with Crippen molar-refractivity contribution in [1.82, 2.24) is 4.57 Å². The second-order valence-electron chi connectivity index (χ2n) is 19.1. The smallest absolute Gasteiger partial charge is 0.0754 e. The maximum absolute atomic E-state index is 2.52. The minimum atomic E-state index is -0.509. The van der Waals surface area contributed by atoms with Gasteiger partial charge in [-0.1, -0.05) is 218 Å². The van der Waals surface area contributed by atoms with Crippen LogP contribution in [0, 0.1) is 0 Å². The maximum atomic E-state index is 2.52. The molecule has 15 rings (SSSR count). The molecule has 0 fully saturated rings. The van der Waals surface area contributed by atoms with E-state index in [1.165, 1.54) is 105 Å². The molecule has 0 saturated heterocycles. The van der Waals surface area contributed by atoms with Crippen molar-refractivity contribution < 1.29 is 0 Å². The summed E-state index contributed by atoms with van der Waals surface area (Å²) >= 11 is 0. The van der Waals surface area contributed by atoms with E-state index in [-0.39, 0.29) is 0 Å². The van der Waals surface area contributed by atoms with Gasteiger partial charge in [0.25, 0.3) is 0 Å². The van der Waals surface area contributed by atoms with E-state index in [9.17, 15) is 0 Å². The highest BCUT2D eigenvalue weighted by Crippen LogP contribution is 2.62. The van der Waals surface area contributed by atoms with Crippen molar-refractivity contribution in [3.63, 3.8) is 0 Å². The topological polar surface area (TPSA) is 8.17 Å². The maximum Gasteiger partial charge on any atom is 0.0754 e. The molecule has 1 unspecified atom stereocenters. The molecule has 12 aromatic rings. The summed E-state index contributed by atoms with van der Waals surface area (Å²) in [6, 6.07) is 99.6. The fourth-order valence-corrected chi connectivity index (χ4v) is 13.2. The Kier molecular flexibility index (Phi) is 8.24. The average Bonchev–Trinajstić information content (AvgIpc) is 4.05. The van der Waals surface area contributed by atoms with Crippen LogP contribution in [0.4, 0.5) is 17.1 Å². The Hall–Kier alpha value is -8.98. The van der Waals surface area contributed by atoms with Crippen LogP contribution in [0.5, 0.6) is 0 Å². The Morgan fingerprint density at radius 1 is 0.314 bits per heavy atom. The summed E-state index contributed by atoms with van der Waals surface area (Å²) in [6.45, 7) is 0. The summed E-state index contributed by atoms with van der Waals surface area (Å²) in [5, 5.41) is 2.58. The van der Waals surface area contributed by atoms with Gasteiger partial charge >= 0.3 is 0 Å². The zero-order chi connectivity index (χ0) is 46.0. The van der Waals surface area contributed by atoms with Crippen molar-refractivity contribution >= 4 is 38.9 Å². The van der Waals surface area contributed by atoms with Crippen LogP contribution in [0.15, 0.2) is 267 Å². The van der Waals surface area contributed by atoms with Gasteiger partial charge in [0.2, 0.25) is 0 Å².